The molecule has 3 aromatic rings. The minimum Gasteiger partial charge on any atom is -0.338 e. The van der Waals surface area contributed by atoms with Crippen molar-refractivity contribution in [1.29, 1.82) is 0 Å². The van der Waals surface area contributed by atoms with E-state index in [4.69, 9.17) is 0 Å². The third kappa shape index (κ3) is 3.93. The van der Waals surface area contributed by atoms with Gasteiger partial charge in [-0.25, -0.2) is 4.39 Å². The summed E-state index contributed by atoms with van der Waals surface area (Å²) in [6, 6.07) is 14.2. The number of rotatable bonds is 5. The Kier molecular flexibility index (Phi) is 5.41. The Hall–Kier alpha value is -3.09. The highest BCUT2D eigenvalue weighted by Gasteiger charge is 2.26. The van der Waals surface area contributed by atoms with E-state index in [9.17, 15) is 9.18 Å². The molecule has 4 rings (SSSR count). The van der Waals surface area contributed by atoms with Crippen LogP contribution in [0, 0.1) is 11.7 Å². The van der Waals surface area contributed by atoms with E-state index in [-0.39, 0.29) is 11.7 Å². The van der Waals surface area contributed by atoms with E-state index < -0.39 is 0 Å². The van der Waals surface area contributed by atoms with Crippen LogP contribution in [-0.2, 0) is 6.42 Å². The molecular formula is C21H22FN5O. The number of H-pyrrole nitrogens is 1. The van der Waals surface area contributed by atoms with E-state index in [1.165, 1.54) is 6.07 Å². The highest BCUT2D eigenvalue weighted by Crippen LogP contribution is 2.26. The molecule has 1 amide bonds. The fourth-order valence-corrected chi connectivity index (χ4v) is 3.86. The molecule has 144 valence electrons. The van der Waals surface area contributed by atoms with Gasteiger partial charge in [0, 0.05) is 18.7 Å². The van der Waals surface area contributed by atoms with Crippen molar-refractivity contribution in [3.63, 3.8) is 0 Å². The van der Waals surface area contributed by atoms with Gasteiger partial charge in [-0.1, -0.05) is 36.4 Å². The molecule has 1 aliphatic rings. The Morgan fingerprint density at radius 1 is 1.18 bits per heavy atom. The topological polar surface area (TPSA) is 74.8 Å². The molecule has 0 bridgehead atoms. The zero-order valence-electron chi connectivity index (χ0n) is 15.5. The van der Waals surface area contributed by atoms with Crippen molar-refractivity contribution in [3.05, 3.63) is 65.5 Å². The van der Waals surface area contributed by atoms with E-state index in [2.05, 4.69) is 20.6 Å². The Balaban J connectivity index is 1.45. The maximum absolute atomic E-state index is 13.9. The molecule has 1 atom stereocenters. The highest BCUT2D eigenvalue weighted by molar-refractivity contribution is 6.00. The summed E-state index contributed by atoms with van der Waals surface area (Å²) in [6.45, 7) is 1.42. The van der Waals surface area contributed by atoms with Crippen LogP contribution < -0.4 is 0 Å². The van der Waals surface area contributed by atoms with Gasteiger partial charge in [0.2, 0.25) is 5.82 Å². The molecule has 1 N–H and O–H groups in total. The lowest BCUT2D eigenvalue weighted by atomic mass is 9.91. The third-order valence-corrected chi connectivity index (χ3v) is 5.33. The number of hydrogen-bond acceptors (Lipinski definition) is 4. The quantitative estimate of drug-likeness (QED) is 0.736. The van der Waals surface area contributed by atoms with E-state index in [0.717, 1.165) is 31.4 Å². The number of carbonyl (C=O) groups excluding carboxylic acids is 1. The Bertz CT molecular complexity index is 943. The number of aromatic nitrogens is 4. The number of tetrazole rings is 1. The molecule has 28 heavy (non-hydrogen) atoms. The van der Waals surface area contributed by atoms with Crippen LogP contribution in [0.25, 0.3) is 11.4 Å². The molecule has 7 heteroatoms. The molecule has 6 nitrogen and oxygen atoms in total. The van der Waals surface area contributed by atoms with Gasteiger partial charge in [0.25, 0.3) is 5.91 Å². The van der Waals surface area contributed by atoms with E-state index >= 15 is 0 Å². The van der Waals surface area contributed by atoms with Gasteiger partial charge < -0.3 is 4.90 Å². The Morgan fingerprint density at radius 2 is 2.00 bits per heavy atom. The van der Waals surface area contributed by atoms with Gasteiger partial charge in [0.15, 0.2) is 0 Å². The fourth-order valence-electron chi connectivity index (χ4n) is 3.86. The number of nitrogens with one attached hydrogen (secondary N) is 1. The van der Waals surface area contributed by atoms with Gasteiger partial charge in [0.05, 0.1) is 5.56 Å². The van der Waals surface area contributed by atoms with Crippen LogP contribution in [0.1, 0.15) is 35.2 Å². The molecule has 2 heterocycles. The molecular weight excluding hydrogens is 357 g/mol. The summed E-state index contributed by atoms with van der Waals surface area (Å²) in [5, 5.41) is 14.0. The van der Waals surface area contributed by atoms with Crippen molar-refractivity contribution >= 4 is 5.91 Å². The molecule has 2 aromatic carbocycles. The molecule has 1 aliphatic heterocycles. The minimum atomic E-state index is -0.153. The van der Waals surface area contributed by atoms with Crippen LogP contribution in [0.5, 0.6) is 0 Å². The lowest BCUT2D eigenvalue weighted by Crippen LogP contribution is -2.40. The first-order chi connectivity index (χ1) is 13.7. The van der Waals surface area contributed by atoms with Crippen molar-refractivity contribution in [3.8, 4) is 11.4 Å². The van der Waals surface area contributed by atoms with Crippen molar-refractivity contribution in [2.75, 3.05) is 13.1 Å². The first-order valence-corrected chi connectivity index (χ1v) is 9.58. The molecule has 1 saturated heterocycles. The van der Waals surface area contributed by atoms with Gasteiger partial charge in [-0.2, -0.15) is 5.21 Å². The van der Waals surface area contributed by atoms with E-state index in [0.29, 0.717) is 35.8 Å². The van der Waals surface area contributed by atoms with Crippen molar-refractivity contribution in [1.82, 2.24) is 25.5 Å². The lowest BCUT2D eigenvalue weighted by Gasteiger charge is -2.33. The number of benzene rings is 2. The average Bonchev–Trinajstić information content (AvgIpc) is 3.28. The molecule has 1 fully saturated rings. The molecule has 0 spiro atoms. The van der Waals surface area contributed by atoms with Gasteiger partial charge in [-0.15, -0.1) is 10.2 Å². The van der Waals surface area contributed by atoms with Gasteiger partial charge >= 0.3 is 0 Å². The first-order valence-electron chi connectivity index (χ1n) is 9.58. The normalized spacial score (nSPS) is 16.9. The Labute approximate surface area is 162 Å². The lowest BCUT2D eigenvalue weighted by molar-refractivity contribution is 0.0669. The van der Waals surface area contributed by atoms with Gasteiger partial charge in [-0.3, -0.25) is 4.79 Å². The summed E-state index contributed by atoms with van der Waals surface area (Å²) in [6.07, 6.45) is 3.58. The highest BCUT2D eigenvalue weighted by atomic mass is 19.1. The zero-order valence-corrected chi connectivity index (χ0v) is 15.5. The summed E-state index contributed by atoms with van der Waals surface area (Å²) < 4.78 is 13.9. The fraction of sp³-hybridized carbons (Fsp3) is 0.333. The number of amides is 1. The zero-order chi connectivity index (χ0) is 19.3. The molecule has 1 aromatic heterocycles. The molecule has 0 saturated carbocycles. The third-order valence-electron chi connectivity index (χ3n) is 5.33. The van der Waals surface area contributed by atoms with Crippen molar-refractivity contribution in [2.24, 2.45) is 5.92 Å². The summed E-state index contributed by atoms with van der Waals surface area (Å²) in [5.41, 5.74) is 2.00. The second kappa shape index (κ2) is 8.29. The maximum atomic E-state index is 13.9. The van der Waals surface area contributed by atoms with Crippen LogP contribution in [-0.4, -0.2) is 44.5 Å². The summed E-state index contributed by atoms with van der Waals surface area (Å²) >= 11 is 0. The van der Waals surface area contributed by atoms with Crippen LogP contribution in [0.2, 0.25) is 0 Å². The van der Waals surface area contributed by atoms with Gasteiger partial charge in [-0.05, 0) is 54.5 Å². The van der Waals surface area contributed by atoms with Crippen molar-refractivity contribution < 1.29 is 9.18 Å². The predicted molar refractivity (Wildman–Crippen MR) is 103 cm³/mol. The minimum absolute atomic E-state index is 0.0176. The van der Waals surface area contributed by atoms with Crippen molar-refractivity contribution in [2.45, 2.75) is 25.7 Å². The Morgan fingerprint density at radius 3 is 2.82 bits per heavy atom. The van der Waals surface area contributed by atoms with Crippen LogP contribution in [0.15, 0.2) is 48.5 Å². The van der Waals surface area contributed by atoms with E-state index in [1.807, 2.05) is 35.2 Å². The number of carbonyl (C=O) groups is 1. The average molecular weight is 379 g/mol. The van der Waals surface area contributed by atoms with Gasteiger partial charge in [0.1, 0.15) is 5.82 Å². The number of likely N-dealkylation sites (tertiary alicyclic amines) is 1. The standard InChI is InChI=1S/C21H22FN5O/c22-19-10-4-1-7-16(19)12-11-15-6-5-13-27(14-15)21(28)18-9-3-2-8-17(18)20-23-25-26-24-20/h1-4,7-10,15H,5-6,11-14H2,(H,23,24,25,26)/t15-/m1/s1. The number of aryl methyl sites for hydroxylation is 1. The number of piperidine rings is 1. The van der Waals surface area contributed by atoms with E-state index in [1.54, 1.807) is 12.1 Å². The number of halogens is 1. The van der Waals surface area contributed by atoms with Crippen LogP contribution in [0.3, 0.4) is 0 Å². The second-order valence-corrected chi connectivity index (χ2v) is 7.17. The molecule has 0 unspecified atom stereocenters. The summed E-state index contributed by atoms with van der Waals surface area (Å²) in [4.78, 5) is 15.1. The molecule has 0 radical (unpaired) electrons. The second-order valence-electron chi connectivity index (χ2n) is 7.17. The largest absolute Gasteiger partial charge is 0.338 e. The predicted octanol–water partition coefficient (Wildman–Crippen LogP) is 3.49. The SMILES string of the molecule is O=C(c1ccccc1-c1nn[nH]n1)N1CCC[C@H](CCc2ccccc2F)C1. The number of hydrogen-bond donors (Lipinski definition) is 1. The maximum Gasteiger partial charge on any atom is 0.254 e. The summed E-state index contributed by atoms with van der Waals surface area (Å²) in [7, 11) is 0. The van der Waals surface area contributed by atoms with Crippen LogP contribution >= 0.6 is 0 Å². The number of nitrogens with zero attached hydrogens (tertiary/aromatic N) is 4. The molecule has 0 aliphatic carbocycles. The van der Waals surface area contributed by atoms with Crippen LogP contribution in [0.4, 0.5) is 4.39 Å². The monoisotopic (exact) mass is 379 g/mol. The smallest absolute Gasteiger partial charge is 0.254 e. The number of aromatic amines is 1. The first kappa shape index (κ1) is 18.3. The summed E-state index contributed by atoms with van der Waals surface area (Å²) in [5.74, 6) is 0.614.